The van der Waals surface area contributed by atoms with E-state index in [1.54, 1.807) is 36.4 Å². The lowest BCUT2D eigenvalue weighted by Gasteiger charge is -2.17. The molecule has 13 nitrogen and oxygen atoms in total. The summed E-state index contributed by atoms with van der Waals surface area (Å²) >= 11 is 5.76. The molecule has 0 fully saturated rings. The number of hydrogen-bond acceptors (Lipinski definition) is 11. The van der Waals surface area contributed by atoms with Crippen molar-refractivity contribution < 1.29 is 46.0 Å². The molecule has 2 amide bonds. The van der Waals surface area contributed by atoms with Gasteiger partial charge in [-0.3, -0.25) is 10.5 Å². The predicted molar refractivity (Wildman–Crippen MR) is 217 cm³/mol. The number of anilines is 3. The van der Waals surface area contributed by atoms with Crippen LogP contribution < -0.4 is 48.9 Å². The van der Waals surface area contributed by atoms with Gasteiger partial charge in [-0.15, -0.1) is 0 Å². The number of rotatable bonds is 10. The minimum atomic E-state index is -0.482. The van der Waals surface area contributed by atoms with Crippen LogP contribution in [0.15, 0.2) is 97.6 Å². The van der Waals surface area contributed by atoms with Crippen molar-refractivity contribution in [1.82, 2.24) is 19.9 Å². The van der Waals surface area contributed by atoms with Gasteiger partial charge in [-0.1, -0.05) is 17.7 Å². The number of ether oxygens (including phenoxy) is 2. The van der Waals surface area contributed by atoms with Gasteiger partial charge in [0.05, 0.1) is 36.9 Å². The van der Waals surface area contributed by atoms with Crippen molar-refractivity contribution in [3.8, 4) is 34.0 Å². The van der Waals surface area contributed by atoms with Crippen molar-refractivity contribution in [3.05, 3.63) is 137 Å². The molecule has 0 aliphatic heterocycles. The first-order valence-electron chi connectivity index (χ1n) is 17.1. The third-order valence-electron chi connectivity index (χ3n) is 8.23. The number of nitrogen functional groups attached to an aromatic ring is 1. The van der Waals surface area contributed by atoms with Gasteiger partial charge in [0.1, 0.15) is 46.5 Å². The molecule has 0 unspecified atom stereocenters. The van der Waals surface area contributed by atoms with Crippen molar-refractivity contribution in [2.75, 3.05) is 57.9 Å². The number of carbonyl (C=O) groups excluding carboxylic acids is 2. The first kappa shape index (κ1) is 46.0. The minimum absolute atomic E-state index is 0. The Balaban J connectivity index is 0.000000254. The van der Waals surface area contributed by atoms with E-state index in [2.05, 4.69) is 25.7 Å². The summed E-state index contributed by atoms with van der Waals surface area (Å²) in [6.07, 6.45) is 3.30. The fourth-order valence-corrected chi connectivity index (χ4v) is 5.68. The fourth-order valence-electron chi connectivity index (χ4n) is 5.53. The maximum absolute atomic E-state index is 13.5. The molecule has 0 bridgehead atoms. The van der Waals surface area contributed by atoms with Crippen molar-refractivity contribution >= 4 is 40.5 Å². The SMILES string of the molecule is CN(C)c1ccc(N)cc1C([NH3+])=O.COc1cc(F)ccc1-c1cc(Cc2ccc(N(C)C)c(C(N)=O)c2)ncn1.COc1cc(F)ccc1-c1cc(Cl)ncn1.[Cl-]. The Bertz CT molecular complexity index is 2370. The van der Waals surface area contributed by atoms with Crippen molar-refractivity contribution in [3.63, 3.8) is 0 Å². The normalized spacial score (nSPS) is 10.1. The number of carbonyl (C=O) groups is 2. The Morgan fingerprint density at radius 3 is 1.72 bits per heavy atom. The fraction of sp³-hybridized carbons (Fsp3) is 0.171. The van der Waals surface area contributed by atoms with E-state index < -0.39 is 5.91 Å². The maximum Gasteiger partial charge on any atom is 0.343 e. The molecule has 0 aliphatic carbocycles. The van der Waals surface area contributed by atoms with Crippen molar-refractivity contribution in [2.24, 2.45) is 5.73 Å². The highest BCUT2D eigenvalue weighted by Gasteiger charge is 2.15. The smallest absolute Gasteiger partial charge is 0.343 e. The zero-order chi connectivity index (χ0) is 41.8. The van der Waals surface area contributed by atoms with Crippen LogP contribution in [0.25, 0.3) is 22.5 Å². The van der Waals surface area contributed by atoms with Gasteiger partial charge in [0.15, 0.2) is 0 Å². The largest absolute Gasteiger partial charge is 1.00 e. The second-order valence-electron chi connectivity index (χ2n) is 12.7. The van der Waals surface area contributed by atoms with E-state index in [0.29, 0.717) is 62.4 Å². The summed E-state index contributed by atoms with van der Waals surface area (Å²) < 4.78 is 36.8. The second-order valence-corrected chi connectivity index (χ2v) is 13.1. The molecular weight excluding hydrogens is 791 g/mol. The van der Waals surface area contributed by atoms with Crippen LogP contribution >= 0.6 is 11.6 Å². The number of hydrogen-bond donors (Lipinski definition) is 3. The van der Waals surface area contributed by atoms with E-state index in [4.69, 9.17) is 32.5 Å². The average Bonchev–Trinajstić information content (AvgIpc) is 3.18. The number of nitrogens with two attached hydrogens (primary N) is 2. The highest BCUT2D eigenvalue weighted by Crippen LogP contribution is 2.31. The van der Waals surface area contributed by atoms with E-state index in [0.717, 1.165) is 22.6 Å². The highest BCUT2D eigenvalue weighted by atomic mass is 35.5. The molecule has 0 aliphatic rings. The van der Waals surface area contributed by atoms with Gasteiger partial charge in [0.2, 0.25) is 0 Å². The number of aromatic nitrogens is 4. The van der Waals surface area contributed by atoms with Crippen LogP contribution in [0.2, 0.25) is 5.15 Å². The van der Waals surface area contributed by atoms with Gasteiger partial charge in [-0.2, -0.15) is 0 Å². The Kier molecular flexibility index (Phi) is 16.8. The zero-order valence-corrected chi connectivity index (χ0v) is 34.1. The third-order valence-corrected chi connectivity index (χ3v) is 8.44. The molecule has 2 aromatic heterocycles. The van der Waals surface area contributed by atoms with E-state index in [9.17, 15) is 18.4 Å². The molecule has 0 saturated carbocycles. The van der Waals surface area contributed by atoms with Crippen LogP contribution in [0.5, 0.6) is 11.5 Å². The van der Waals surface area contributed by atoms with Crippen LogP contribution in [0.4, 0.5) is 25.8 Å². The highest BCUT2D eigenvalue weighted by molar-refractivity contribution is 6.29. The van der Waals surface area contributed by atoms with E-state index in [1.807, 2.05) is 62.3 Å². The molecule has 17 heteroatoms. The molecule has 58 heavy (non-hydrogen) atoms. The van der Waals surface area contributed by atoms with Gasteiger partial charge in [-0.25, -0.2) is 33.5 Å². The number of amides is 2. The van der Waals surface area contributed by atoms with Crippen LogP contribution in [-0.2, 0) is 6.42 Å². The average molecular weight is 835 g/mol. The van der Waals surface area contributed by atoms with Gasteiger partial charge in [0.25, 0.3) is 5.91 Å². The molecular formula is C41H43Cl2F2N9O4. The quantitative estimate of drug-likeness (QED) is 0.136. The topological polar surface area (TPSA) is 190 Å². The van der Waals surface area contributed by atoms with E-state index in [-0.39, 0.29) is 29.9 Å². The van der Waals surface area contributed by atoms with Crippen LogP contribution in [0.1, 0.15) is 32.0 Å². The Hall–Kier alpha value is -6.42. The lowest BCUT2D eigenvalue weighted by molar-refractivity contribution is -0.254. The summed E-state index contributed by atoms with van der Waals surface area (Å²) in [5, 5.41) is 0.330. The molecule has 0 radical (unpaired) electrons. The maximum atomic E-state index is 13.5. The Morgan fingerprint density at radius 2 is 1.22 bits per heavy atom. The van der Waals surface area contributed by atoms with Crippen molar-refractivity contribution in [1.29, 1.82) is 0 Å². The molecule has 0 saturated heterocycles. The van der Waals surface area contributed by atoms with Gasteiger partial charge in [0, 0.05) is 81.0 Å². The number of halogens is 4. The molecule has 6 rings (SSSR count). The number of primary amides is 1. The summed E-state index contributed by atoms with van der Waals surface area (Å²) in [7, 11) is 10.4. The molecule has 6 aromatic rings. The Labute approximate surface area is 346 Å². The summed E-state index contributed by atoms with van der Waals surface area (Å²) in [4.78, 5) is 43.0. The summed E-state index contributed by atoms with van der Waals surface area (Å²) in [6, 6.07) is 22.7. The minimum Gasteiger partial charge on any atom is -1.00 e. The van der Waals surface area contributed by atoms with Crippen molar-refractivity contribution in [2.45, 2.75) is 6.42 Å². The van der Waals surface area contributed by atoms with E-state index in [1.165, 1.54) is 51.1 Å². The first-order valence-corrected chi connectivity index (χ1v) is 17.5. The summed E-state index contributed by atoms with van der Waals surface area (Å²) in [5.41, 5.74) is 21.9. The third kappa shape index (κ3) is 12.3. The zero-order valence-electron chi connectivity index (χ0n) is 32.6. The molecule has 4 aromatic carbocycles. The van der Waals surface area contributed by atoms with Gasteiger partial charge < -0.3 is 43.1 Å². The molecule has 304 valence electrons. The van der Waals surface area contributed by atoms with E-state index >= 15 is 0 Å². The Morgan fingerprint density at radius 1 is 0.707 bits per heavy atom. The summed E-state index contributed by atoms with van der Waals surface area (Å²) in [6.45, 7) is 0. The predicted octanol–water partition coefficient (Wildman–Crippen LogP) is 2.71. The lowest BCUT2D eigenvalue weighted by Crippen LogP contribution is -3.00. The number of benzene rings is 4. The molecule has 7 N–H and O–H groups in total. The number of quaternary nitrogens is 1. The number of nitrogens with zero attached hydrogens (tertiary/aromatic N) is 6. The first-order chi connectivity index (χ1) is 27.1. The number of methoxy groups -OCH3 is 2. The molecule has 2 heterocycles. The van der Waals surface area contributed by atoms with Gasteiger partial charge >= 0.3 is 5.91 Å². The summed E-state index contributed by atoms with van der Waals surface area (Å²) in [5.74, 6) is -0.623. The second kappa shape index (κ2) is 21.2. The monoisotopic (exact) mass is 833 g/mol. The van der Waals surface area contributed by atoms with Crippen LogP contribution in [-0.4, -0.2) is 74.2 Å². The lowest BCUT2D eigenvalue weighted by atomic mass is 10.0. The molecule has 0 spiro atoms. The molecule has 0 atom stereocenters. The van der Waals surface area contributed by atoms with Crippen LogP contribution in [0, 0.1) is 11.6 Å². The standard InChI is InChI=1S/C21H21FN4O2.C11H8ClFN2O.C9H13N3O.ClH/c1-26(2)19-7-4-13(9-17(19)21(23)27)8-15-11-18(25-12-24-15)16-6-5-14(22)10-20(16)28-3;1-16-10-4-7(13)2-3-8(10)9-5-11(12)15-6-14-9;1-12(2)8-4-3-6(10)5-7(8)9(11)13;/h4-7,9-12H,8H2,1-3H3,(H2,23,27);2-6H,1H3;3-5H,10H2,1-2H3,(H2,11,13);1H. The van der Waals surface area contributed by atoms with Crippen LogP contribution in [0.3, 0.4) is 0 Å². The van der Waals surface area contributed by atoms with Gasteiger partial charge in [-0.05, 0) is 66.2 Å².